The average molecular weight is 144 g/mol. The molecule has 0 spiro atoms. The monoisotopic (exact) mass is 144 g/mol. The van der Waals surface area contributed by atoms with Crippen LogP contribution in [0, 0.1) is 11.8 Å². The lowest BCUT2D eigenvalue weighted by Crippen LogP contribution is -2.39. The highest BCUT2D eigenvalue weighted by atomic mass is 16.3. The van der Waals surface area contributed by atoms with E-state index in [1.807, 2.05) is 6.92 Å². The van der Waals surface area contributed by atoms with E-state index in [-0.39, 0.29) is 0 Å². The largest absolute Gasteiger partial charge is 0.389 e. The van der Waals surface area contributed by atoms with Crippen molar-refractivity contribution in [1.29, 1.82) is 0 Å². The molecule has 0 unspecified atom stereocenters. The molecule has 0 rings (SSSR count). The first kappa shape index (κ1) is 9.96. The summed E-state index contributed by atoms with van der Waals surface area (Å²) in [6.07, 6.45) is 0.850. The van der Waals surface area contributed by atoms with Crippen LogP contribution in [0.5, 0.6) is 0 Å². The van der Waals surface area contributed by atoms with Gasteiger partial charge in [0.15, 0.2) is 0 Å². The molecule has 0 bridgehead atoms. The normalized spacial score (nSPS) is 13.2. The van der Waals surface area contributed by atoms with Gasteiger partial charge < -0.3 is 5.11 Å². The fourth-order valence-electron chi connectivity index (χ4n) is 1.48. The predicted molar refractivity (Wildman–Crippen MR) is 44.9 cm³/mol. The standard InChI is InChI=1S/C9H20O/c1-6-9(10,7(2)3)8(4)5/h7-8,10H,6H2,1-5H3. The van der Waals surface area contributed by atoms with Gasteiger partial charge in [0.2, 0.25) is 0 Å². The quantitative estimate of drug-likeness (QED) is 0.645. The third-order valence-electron chi connectivity index (χ3n) is 2.57. The molecule has 0 aromatic heterocycles. The van der Waals surface area contributed by atoms with Gasteiger partial charge in [-0.15, -0.1) is 0 Å². The summed E-state index contributed by atoms with van der Waals surface area (Å²) in [7, 11) is 0. The van der Waals surface area contributed by atoms with E-state index in [9.17, 15) is 5.11 Å². The molecule has 0 heterocycles. The highest BCUT2D eigenvalue weighted by molar-refractivity contribution is 4.83. The minimum atomic E-state index is -0.458. The van der Waals surface area contributed by atoms with Gasteiger partial charge in [-0.25, -0.2) is 0 Å². The van der Waals surface area contributed by atoms with Gasteiger partial charge in [-0.05, 0) is 18.3 Å². The zero-order chi connectivity index (χ0) is 8.36. The van der Waals surface area contributed by atoms with E-state index in [1.165, 1.54) is 0 Å². The topological polar surface area (TPSA) is 20.2 Å². The summed E-state index contributed by atoms with van der Waals surface area (Å²) in [6, 6.07) is 0. The van der Waals surface area contributed by atoms with Gasteiger partial charge in [0, 0.05) is 0 Å². The molecular weight excluding hydrogens is 124 g/mol. The second kappa shape index (κ2) is 3.38. The summed E-state index contributed by atoms with van der Waals surface area (Å²) in [5.41, 5.74) is -0.458. The highest BCUT2D eigenvalue weighted by Crippen LogP contribution is 2.28. The highest BCUT2D eigenvalue weighted by Gasteiger charge is 2.31. The number of aliphatic hydroxyl groups is 1. The predicted octanol–water partition coefficient (Wildman–Crippen LogP) is 2.44. The summed E-state index contributed by atoms with van der Waals surface area (Å²) in [6.45, 7) is 10.3. The van der Waals surface area contributed by atoms with Crippen LogP contribution in [0.25, 0.3) is 0 Å². The molecule has 0 saturated carbocycles. The molecule has 62 valence electrons. The van der Waals surface area contributed by atoms with Crippen molar-refractivity contribution in [2.45, 2.75) is 46.6 Å². The van der Waals surface area contributed by atoms with Gasteiger partial charge in [0.1, 0.15) is 0 Å². The zero-order valence-electron chi connectivity index (χ0n) is 7.81. The maximum absolute atomic E-state index is 9.97. The lowest BCUT2D eigenvalue weighted by atomic mass is 9.78. The lowest BCUT2D eigenvalue weighted by molar-refractivity contribution is -0.0497. The molecule has 0 radical (unpaired) electrons. The summed E-state index contributed by atoms with van der Waals surface area (Å²) in [4.78, 5) is 0. The SMILES string of the molecule is CCC(O)(C(C)C)C(C)C. The van der Waals surface area contributed by atoms with E-state index >= 15 is 0 Å². The second-order valence-corrected chi connectivity index (χ2v) is 3.65. The van der Waals surface area contributed by atoms with Crippen molar-refractivity contribution in [3.63, 3.8) is 0 Å². The van der Waals surface area contributed by atoms with Gasteiger partial charge in [0.25, 0.3) is 0 Å². The third-order valence-corrected chi connectivity index (χ3v) is 2.57. The van der Waals surface area contributed by atoms with Crippen LogP contribution in [0.2, 0.25) is 0 Å². The smallest absolute Gasteiger partial charge is 0.0690 e. The van der Waals surface area contributed by atoms with E-state index in [4.69, 9.17) is 0 Å². The number of hydrogen-bond acceptors (Lipinski definition) is 1. The first-order chi connectivity index (χ1) is 4.45. The Hall–Kier alpha value is -0.0400. The molecule has 0 saturated heterocycles. The van der Waals surface area contributed by atoms with Crippen molar-refractivity contribution < 1.29 is 5.11 Å². The van der Waals surface area contributed by atoms with Crippen molar-refractivity contribution in [1.82, 2.24) is 0 Å². The molecule has 0 atom stereocenters. The van der Waals surface area contributed by atoms with Crippen molar-refractivity contribution in [3.8, 4) is 0 Å². The minimum Gasteiger partial charge on any atom is -0.389 e. The minimum absolute atomic E-state index is 0.359. The molecular formula is C9H20O. The first-order valence-corrected chi connectivity index (χ1v) is 4.17. The molecule has 10 heavy (non-hydrogen) atoms. The van der Waals surface area contributed by atoms with Gasteiger partial charge in [-0.2, -0.15) is 0 Å². The van der Waals surface area contributed by atoms with Gasteiger partial charge in [0.05, 0.1) is 5.60 Å². The first-order valence-electron chi connectivity index (χ1n) is 4.17. The molecule has 0 aliphatic carbocycles. The summed E-state index contributed by atoms with van der Waals surface area (Å²) in [5, 5.41) is 9.97. The maximum atomic E-state index is 9.97. The molecule has 0 aliphatic heterocycles. The van der Waals surface area contributed by atoms with Crippen LogP contribution in [0.1, 0.15) is 41.0 Å². The maximum Gasteiger partial charge on any atom is 0.0690 e. The molecule has 0 amide bonds. The van der Waals surface area contributed by atoms with Crippen LogP contribution in [-0.4, -0.2) is 10.7 Å². The Bertz CT molecular complexity index is 86.9. The molecule has 1 heteroatoms. The van der Waals surface area contributed by atoms with Crippen LogP contribution in [0.15, 0.2) is 0 Å². The van der Waals surface area contributed by atoms with Crippen molar-refractivity contribution in [3.05, 3.63) is 0 Å². The zero-order valence-corrected chi connectivity index (χ0v) is 7.81. The molecule has 0 aromatic rings. The van der Waals surface area contributed by atoms with Crippen molar-refractivity contribution in [2.24, 2.45) is 11.8 Å². The van der Waals surface area contributed by atoms with Crippen LogP contribution in [0.3, 0.4) is 0 Å². The Balaban J connectivity index is 4.23. The van der Waals surface area contributed by atoms with E-state index in [1.54, 1.807) is 0 Å². The molecule has 0 aromatic carbocycles. The van der Waals surface area contributed by atoms with Crippen LogP contribution >= 0.6 is 0 Å². The summed E-state index contributed by atoms with van der Waals surface area (Å²) in [5.74, 6) is 0.718. The molecule has 1 N–H and O–H groups in total. The number of rotatable bonds is 3. The Kier molecular flexibility index (Phi) is 3.37. The molecule has 1 nitrogen and oxygen atoms in total. The van der Waals surface area contributed by atoms with E-state index in [2.05, 4.69) is 27.7 Å². The number of hydrogen-bond donors (Lipinski definition) is 1. The second-order valence-electron chi connectivity index (χ2n) is 3.65. The summed E-state index contributed by atoms with van der Waals surface area (Å²) < 4.78 is 0. The molecule has 0 aliphatic rings. The van der Waals surface area contributed by atoms with Gasteiger partial charge in [-0.3, -0.25) is 0 Å². The van der Waals surface area contributed by atoms with Gasteiger partial charge >= 0.3 is 0 Å². The van der Waals surface area contributed by atoms with Gasteiger partial charge in [-0.1, -0.05) is 34.6 Å². The van der Waals surface area contributed by atoms with Crippen molar-refractivity contribution in [2.75, 3.05) is 0 Å². The molecule has 0 fully saturated rings. The van der Waals surface area contributed by atoms with E-state index < -0.39 is 5.60 Å². The lowest BCUT2D eigenvalue weighted by Gasteiger charge is -2.35. The fourth-order valence-corrected chi connectivity index (χ4v) is 1.48. The third kappa shape index (κ3) is 1.72. The van der Waals surface area contributed by atoms with E-state index in [0.717, 1.165) is 6.42 Å². The van der Waals surface area contributed by atoms with E-state index in [0.29, 0.717) is 11.8 Å². The van der Waals surface area contributed by atoms with Crippen LogP contribution < -0.4 is 0 Å². The average Bonchev–Trinajstić information content (AvgIpc) is 1.85. The Morgan fingerprint density at radius 1 is 1.10 bits per heavy atom. The Morgan fingerprint density at radius 2 is 1.40 bits per heavy atom. The summed E-state index contributed by atoms with van der Waals surface area (Å²) >= 11 is 0. The fraction of sp³-hybridized carbons (Fsp3) is 1.00. The van der Waals surface area contributed by atoms with Crippen LogP contribution in [-0.2, 0) is 0 Å². The Labute approximate surface area is 64.5 Å². The van der Waals surface area contributed by atoms with Crippen molar-refractivity contribution >= 4 is 0 Å². The van der Waals surface area contributed by atoms with Crippen LogP contribution in [0.4, 0.5) is 0 Å². The Morgan fingerprint density at radius 3 is 1.40 bits per heavy atom.